The summed E-state index contributed by atoms with van der Waals surface area (Å²) in [6.45, 7) is 0. The van der Waals surface area contributed by atoms with Gasteiger partial charge in [0.15, 0.2) is 0 Å². The third kappa shape index (κ3) is 3.59. The molecule has 74 valence electrons. The van der Waals surface area contributed by atoms with E-state index in [9.17, 15) is 5.11 Å². The van der Waals surface area contributed by atoms with Gasteiger partial charge in [-0.2, -0.15) is 0 Å². The van der Waals surface area contributed by atoms with E-state index in [0.29, 0.717) is 0 Å². The zero-order chi connectivity index (χ0) is 9.57. The summed E-state index contributed by atoms with van der Waals surface area (Å²) in [5.41, 5.74) is -0.599. The van der Waals surface area contributed by atoms with Crippen molar-refractivity contribution in [1.29, 1.82) is 0 Å². The van der Waals surface area contributed by atoms with Crippen molar-refractivity contribution >= 4 is 6.21 Å². The highest BCUT2D eigenvalue weighted by Crippen LogP contribution is 2.28. The summed E-state index contributed by atoms with van der Waals surface area (Å²) in [5.74, 6) is 0. The highest BCUT2D eigenvalue weighted by molar-refractivity contribution is 5.70. The summed E-state index contributed by atoms with van der Waals surface area (Å²) >= 11 is 0. The largest absolute Gasteiger partial charge is 0.399 e. The first-order valence-corrected chi connectivity index (χ1v) is 4.74. The molecule has 0 aliphatic heterocycles. The molecule has 0 saturated heterocycles. The lowest BCUT2D eigenvalue weighted by atomic mass is 9.85. The molecule has 0 aromatic heterocycles. The number of hydrogen-bond donors (Lipinski definition) is 1. The van der Waals surface area contributed by atoms with Crippen LogP contribution in [0.5, 0.6) is 0 Å². The molecule has 1 N–H and O–H groups in total. The van der Waals surface area contributed by atoms with Crippen LogP contribution < -0.4 is 0 Å². The first-order valence-electron chi connectivity index (χ1n) is 4.74. The van der Waals surface area contributed by atoms with Crippen LogP contribution in [0.4, 0.5) is 0 Å². The van der Waals surface area contributed by atoms with E-state index >= 15 is 0 Å². The van der Waals surface area contributed by atoms with Gasteiger partial charge in [-0.25, -0.2) is 0 Å². The van der Waals surface area contributed by atoms with Gasteiger partial charge in [0.2, 0.25) is 0 Å². The van der Waals surface area contributed by atoms with E-state index in [1.807, 2.05) is 6.08 Å². The molecule has 1 saturated carbocycles. The Labute approximate surface area is 79.1 Å². The minimum Gasteiger partial charge on any atom is -0.399 e. The summed E-state index contributed by atoms with van der Waals surface area (Å²) in [5, 5.41) is 13.5. The van der Waals surface area contributed by atoms with E-state index in [1.54, 1.807) is 12.3 Å². The molecule has 1 aliphatic carbocycles. The van der Waals surface area contributed by atoms with Crippen molar-refractivity contribution in [3.63, 3.8) is 0 Å². The van der Waals surface area contributed by atoms with E-state index in [1.165, 1.54) is 13.5 Å². The molecular weight excluding hydrogens is 166 g/mol. The molecule has 1 fully saturated rings. The Hall–Kier alpha value is -0.830. The third-order valence-corrected chi connectivity index (χ3v) is 2.38. The molecule has 1 rings (SSSR count). The fourth-order valence-electron chi connectivity index (χ4n) is 1.65. The van der Waals surface area contributed by atoms with Gasteiger partial charge in [0, 0.05) is 0 Å². The van der Waals surface area contributed by atoms with E-state index < -0.39 is 5.60 Å². The van der Waals surface area contributed by atoms with E-state index in [2.05, 4.69) is 9.99 Å². The molecule has 0 aromatic carbocycles. The van der Waals surface area contributed by atoms with Gasteiger partial charge in [-0.3, -0.25) is 0 Å². The number of hydrogen-bond acceptors (Lipinski definition) is 3. The van der Waals surface area contributed by atoms with Crippen molar-refractivity contribution < 1.29 is 9.94 Å². The highest BCUT2D eigenvalue weighted by Gasteiger charge is 2.25. The van der Waals surface area contributed by atoms with Crippen molar-refractivity contribution in [2.45, 2.75) is 37.7 Å². The number of oxime groups is 1. The summed E-state index contributed by atoms with van der Waals surface area (Å²) in [6, 6.07) is 0. The monoisotopic (exact) mass is 183 g/mol. The highest BCUT2D eigenvalue weighted by atomic mass is 16.6. The van der Waals surface area contributed by atoms with Crippen molar-refractivity contribution in [1.82, 2.24) is 0 Å². The lowest BCUT2D eigenvalue weighted by Gasteiger charge is -2.28. The number of aliphatic hydroxyl groups is 1. The molecule has 3 heteroatoms. The van der Waals surface area contributed by atoms with Crippen LogP contribution in [0.3, 0.4) is 0 Å². The minimum absolute atomic E-state index is 0.599. The molecule has 0 amide bonds. The average molecular weight is 183 g/mol. The standard InChI is InChI=1S/C10H17NO2/c1-13-11-9-5-8-10(12)6-3-2-4-7-10/h5,8-9,12H,2-4,6-7H2,1H3/b8-5+,11-9+. The second-order valence-electron chi connectivity index (χ2n) is 3.46. The summed E-state index contributed by atoms with van der Waals surface area (Å²) in [4.78, 5) is 4.50. The zero-order valence-electron chi connectivity index (χ0n) is 8.07. The van der Waals surface area contributed by atoms with Gasteiger partial charge in [-0.05, 0) is 18.9 Å². The second-order valence-corrected chi connectivity index (χ2v) is 3.46. The molecule has 0 bridgehead atoms. The fourth-order valence-corrected chi connectivity index (χ4v) is 1.65. The van der Waals surface area contributed by atoms with Crippen LogP contribution in [-0.4, -0.2) is 24.0 Å². The SMILES string of the molecule is CO/N=C/C=C/C1(O)CCCCC1. The van der Waals surface area contributed by atoms with Gasteiger partial charge in [0.05, 0.1) is 11.8 Å². The quantitative estimate of drug-likeness (QED) is 0.536. The normalized spacial score (nSPS) is 22.6. The van der Waals surface area contributed by atoms with Crippen LogP contribution in [0.1, 0.15) is 32.1 Å². The molecule has 0 atom stereocenters. The lowest BCUT2D eigenvalue weighted by molar-refractivity contribution is 0.0514. The molecule has 1 aliphatic rings. The molecule has 0 spiro atoms. The van der Waals surface area contributed by atoms with Crippen LogP contribution in [-0.2, 0) is 4.84 Å². The minimum atomic E-state index is -0.599. The van der Waals surface area contributed by atoms with Crippen molar-refractivity contribution in [3.8, 4) is 0 Å². The molecule has 3 nitrogen and oxygen atoms in total. The number of nitrogens with zero attached hydrogens (tertiary/aromatic N) is 1. The summed E-state index contributed by atoms with van der Waals surface area (Å²) in [6.07, 6.45) is 10.3. The Morgan fingerprint density at radius 1 is 1.31 bits per heavy atom. The third-order valence-electron chi connectivity index (χ3n) is 2.38. The maximum absolute atomic E-state index is 9.98. The maximum atomic E-state index is 9.98. The predicted octanol–water partition coefficient (Wildman–Crippen LogP) is 1.87. The summed E-state index contributed by atoms with van der Waals surface area (Å²) < 4.78 is 0. The van der Waals surface area contributed by atoms with Crippen molar-refractivity contribution in [3.05, 3.63) is 12.2 Å². The summed E-state index contributed by atoms with van der Waals surface area (Å²) in [7, 11) is 1.50. The van der Waals surface area contributed by atoms with Crippen molar-refractivity contribution in [2.24, 2.45) is 5.16 Å². The first-order chi connectivity index (χ1) is 6.27. The van der Waals surface area contributed by atoms with Gasteiger partial charge < -0.3 is 9.94 Å². The molecule has 0 radical (unpaired) electrons. The number of allylic oxidation sites excluding steroid dienone is 1. The van der Waals surface area contributed by atoms with E-state index in [0.717, 1.165) is 25.7 Å². The van der Waals surface area contributed by atoms with Gasteiger partial charge in [0.25, 0.3) is 0 Å². The Balaban J connectivity index is 2.40. The zero-order valence-corrected chi connectivity index (χ0v) is 8.07. The van der Waals surface area contributed by atoms with Crippen molar-refractivity contribution in [2.75, 3.05) is 7.11 Å². The van der Waals surface area contributed by atoms with Gasteiger partial charge in [0.1, 0.15) is 7.11 Å². The van der Waals surface area contributed by atoms with Crippen LogP contribution >= 0.6 is 0 Å². The Morgan fingerprint density at radius 3 is 2.62 bits per heavy atom. The second kappa shape index (κ2) is 5.02. The number of rotatable bonds is 3. The first kappa shape index (κ1) is 10.3. The van der Waals surface area contributed by atoms with Crippen LogP contribution in [0.25, 0.3) is 0 Å². The van der Waals surface area contributed by atoms with E-state index in [4.69, 9.17) is 0 Å². The molecule has 0 aromatic rings. The molecule has 0 heterocycles. The fraction of sp³-hybridized carbons (Fsp3) is 0.700. The Bertz CT molecular complexity index is 193. The average Bonchev–Trinajstić information content (AvgIpc) is 2.14. The van der Waals surface area contributed by atoms with E-state index in [-0.39, 0.29) is 0 Å². The van der Waals surface area contributed by atoms with Gasteiger partial charge in [-0.1, -0.05) is 30.5 Å². The van der Waals surface area contributed by atoms with Crippen LogP contribution in [0.2, 0.25) is 0 Å². The molecule has 13 heavy (non-hydrogen) atoms. The van der Waals surface area contributed by atoms with Gasteiger partial charge in [-0.15, -0.1) is 0 Å². The predicted molar refractivity (Wildman–Crippen MR) is 52.7 cm³/mol. The van der Waals surface area contributed by atoms with Crippen LogP contribution in [0.15, 0.2) is 17.3 Å². The molecular formula is C10H17NO2. The Kier molecular flexibility index (Phi) is 3.96. The maximum Gasteiger partial charge on any atom is 0.106 e. The van der Waals surface area contributed by atoms with Crippen LogP contribution in [0, 0.1) is 0 Å². The van der Waals surface area contributed by atoms with Gasteiger partial charge >= 0.3 is 0 Å². The molecule has 0 unspecified atom stereocenters. The Morgan fingerprint density at radius 2 is 2.00 bits per heavy atom. The smallest absolute Gasteiger partial charge is 0.106 e. The lowest BCUT2D eigenvalue weighted by Crippen LogP contribution is -2.28. The topological polar surface area (TPSA) is 41.8 Å².